The number of anilines is 2. The van der Waals surface area contributed by atoms with E-state index in [-0.39, 0.29) is 11.3 Å². The van der Waals surface area contributed by atoms with Crippen LogP contribution in [-0.4, -0.2) is 22.1 Å². The number of rotatable bonds is 3. The van der Waals surface area contributed by atoms with Crippen LogP contribution in [-0.2, 0) is 0 Å². The van der Waals surface area contributed by atoms with Gasteiger partial charge in [0.1, 0.15) is 0 Å². The van der Waals surface area contributed by atoms with Crippen molar-refractivity contribution in [2.24, 2.45) is 0 Å². The molecule has 2 aromatic rings. The van der Waals surface area contributed by atoms with E-state index in [1.807, 2.05) is 6.07 Å². The Balaban J connectivity index is 2.09. The minimum Gasteiger partial charge on any atom is -0.478 e. The van der Waals surface area contributed by atoms with Crippen LogP contribution in [0.15, 0.2) is 48.8 Å². The standard InChI is InChI=1S/C13H11N3O3/c17-12(18)10-6-7-14-8-11(10)16-13(19)15-9-4-2-1-3-5-9/h1-8H,(H,17,18)(H2,15,16,19). The number of nitrogens with one attached hydrogen (secondary N) is 2. The second-order valence-electron chi connectivity index (χ2n) is 3.67. The summed E-state index contributed by atoms with van der Waals surface area (Å²) in [4.78, 5) is 26.5. The Hall–Kier alpha value is -2.89. The van der Waals surface area contributed by atoms with Crippen LogP contribution < -0.4 is 10.6 Å². The number of carboxylic acids is 1. The second kappa shape index (κ2) is 5.63. The van der Waals surface area contributed by atoms with Crippen molar-refractivity contribution in [2.45, 2.75) is 0 Å². The third-order valence-electron chi connectivity index (χ3n) is 2.33. The fourth-order valence-corrected chi connectivity index (χ4v) is 1.49. The Morgan fingerprint density at radius 1 is 1.05 bits per heavy atom. The normalized spacial score (nSPS) is 9.68. The van der Waals surface area contributed by atoms with E-state index in [1.54, 1.807) is 24.3 Å². The molecular weight excluding hydrogens is 246 g/mol. The van der Waals surface area contributed by atoms with Crippen LogP contribution in [0.4, 0.5) is 16.2 Å². The minimum absolute atomic E-state index is 0.0155. The molecule has 6 heteroatoms. The summed E-state index contributed by atoms with van der Waals surface area (Å²) in [6, 6.07) is 9.63. The predicted octanol–water partition coefficient (Wildman–Crippen LogP) is 2.42. The molecular formula is C13H11N3O3. The fraction of sp³-hybridized carbons (Fsp3) is 0. The van der Waals surface area contributed by atoms with Crippen LogP contribution in [0.2, 0.25) is 0 Å². The molecule has 96 valence electrons. The number of hydrogen-bond donors (Lipinski definition) is 3. The van der Waals surface area contributed by atoms with Gasteiger partial charge in [-0.15, -0.1) is 0 Å². The zero-order chi connectivity index (χ0) is 13.7. The zero-order valence-electron chi connectivity index (χ0n) is 9.83. The Morgan fingerprint density at radius 2 is 1.79 bits per heavy atom. The lowest BCUT2D eigenvalue weighted by molar-refractivity contribution is 0.0698. The van der Waals surface area contributed by atoms with Crippen LogP contribution in [0, 0.1) is 0 Å². The van der Waals surface area contributed by atoms with Crippen molar-refractivity contribution < 1.29 is 14.7 Å². The van der Waals surface area contributed by atoms with Gasteiger partial charge in [0.15, 0.2) is 0 Å². The number of amides is 2. The van der Waals surface area contributed by atoms with Gasteiger partial charge in [0.2, 0.25) is 0 Å². The van der Waals surface area contributed by atoms with E-state index < -0.39 is 12.0 Å². The Kier molecular flexibility index (Phi) is 3.72. The molecule has 0 aliphatic carbocycles. The summed E-state index contributed by atoms with van der Waals surface area (Å²) in [6.45, 7) is 0. The van der Waals surface area contributed by atoms with Crippen molar-refractivity contribution in [1.82, 2.24) is 4.98 Å². The summed E-state index contributed by atoms with van der Waals surface area (Å²) in [5.74, 6) is -1.13. The number of para-hydroxylation sites is 1. The molecule has 2 rings (SSSR count). The number of carbonyl (C=O) groups excluding carboxylic acids is 1. The predicted molar refractivity (Wildman–Crippen MR) is 70.3 cm³/mol. The number of hydrogen-bond acceptors (Lipinski definition) is 3. The third kappa shape index (κ3) is 3.29. The molecule has 1 aromatic carbocycles. The van der Waals surface area contributed by atoms with Gasteiger partial charge in [-0.2, -0.15) is 0 Å². The molecule has 6 nitrogen and oxygen atoms in total. The minimum atomic E-state index is -1.13. The lowest BCUT2D eigenvalue weighted by atomic mass is 10.2. The van der Waals surface area contributed by atoms with E-state index in [1.165, 1.54) is 18.5 Å². The van der Waals surface area contributed by atoms with Gasteiger partial charge < -0.3 is 15.7 Å². The van der Waals surface area contributed by atoms with Crippen LogP contribution >= 0.6 is 0 Å². The van der Waals surface area contributed by atoms with Gasteiger partial charge in [0.05, 0.1) is 17.4 Å². The number of aromatic nitrogens is 1. The molecule has 0 aliphatic rings. The molecule has 0 unspecified atom stereocenters. The summed E-state index contributed by atoms with van der Waals surface area (Å²) in [6.07, 6.45) is 2.64. The van der Waals surface area contributed by atoms with Crippen LogP contribution in [0.5, 0.6) is 0 Å². The number of benzene rings is 1. The van der Waals surface area contributed by atoms with Gasteiger partial charge in [0.25, 0.3) is 0 Å². The zero-order valence-corrected chi connectivity index (χ0v) is 9.83. The summed E-state index contributed by atoms with van der Waals surface area (Å²) in [5, 5.41) is 14.0. The van der Waals surface area contributed by atoms with Gasteiger partial charge >= 0.3 is 12.0 Å². The van der Waals surface area contributed by atoms with E-state index in [0.29, 0.717) is 5.69 Å². The second-order valence-corrected chi connectivity index (χ2v) is 3.67. The fourth-order valence-electron chi connectivity index (χ4n) is 1.49. The van der Waals surface area contributed by atoms with Gasteiger partial charge in [0, 0.05) is 11.9 Å². The van der Waals surface area contributed by atoms with Crippen molar-refractivity contribution in [2.75, 3.05) is 10.6 Å². The first kappa shape index (κ1) is 12.6. The van der Waals surface area contributed by atoms with Crippen molar-refractivity contribution in [3.63, 3.8) is 0 Å². The van der Waals surface area contributed by atoms with Crippen molar-refractivity contribution >= 4 is 23.4 Å². The quantitative estimate of drug-likeness (QED) is 0.787. The average Bonchev–Trinajstić information content (AvgIpc) is 2.40. The SMILES string of the molecule is O=C(Nc1ccccc1)Nc1cnccc1C(=O)O. The summed E-state index contributed by atoms with van der Waals surface area (Å²) >= 11 is 0. The maximum atomic E-state index is 11.7. The number of aromatic carboxylic acids is 1. The molecule has 2 amide bonds. The third-order valence-corrected chi connectivity index (χ3v) is 2.33. The molecule has 1 aromatic heterocycles. The average molecular weight is 257 g/mol. The van der Waals surface area contributed by atoms with Crippen LogP contribution in [0.25, 0.3) is 0 Å². The van der Waals surface area contributed by atoms with Crippen molar-refractivity contribution in [3.8, 4) is 0 Å². The highest BCUT2D eigenvalue weighted by molar-refractivity contribution is 6.04. The molecule has 0 fully saturated rings. The van der Waals surface area contributed by atoms with E-state index in [9.17, 15) is 9.59 Å². The summed E-state index contributed by atoms with van der Waals surface area (Å²) in [5.41, 5.74) is 0.738. The van der Waals surface area contributed by atoms with Crippen LogP contribution in [0.3, 0.4) is 0 Å². The molecule has 0 saturated carbocycles. The molecule has 0 saturated heterocycles. The molecule has 3 N–H and O–H groups in total. The lowest BCUT2D eigenvalue weighted by Crippen LogP contribution is -2.21. The molecule has 19 heavy (non-hydrogen) atoms. The summed E-state index contributed by atoms with van der Waals surface area (Å²) < 4.78 is 0. The van der Waals surface area contributed by atoms with E-state index in [0.717, 1.165) is 0 Å². The van der Waals surface area contributed by atoms with E-state index in [2.05, 4.69) is 15.6 Å². The Labute approximate surface area is 109 Å². The van der Waals surface area contributed by atoms with Gasteiger partial charge in [-0.25, -0.2) is 9.59 Å². The van der Waals surface area contributed by atoms with Gasteiger partial charge in [-0.3, -0.25) is 4.98 Å². The Bertz CT molecular complexity index is 599. The van der Waals surface area contributed by atoms with E-state index >= 15 is 0 Å². The topological polar surface area (TPSA) is 91.3 Å². The maximum absolute atomic E-state index is 11.7. The lowest BCUT2D eigenvalue weighted by Gasteiger charge is -2.09. The number of carboxylic acid groups (broad SMARTS) is 1. The molecule has 0 radical (unpaired) electrons. The first-order valence-electron chi connectivity index (χ1n) is 5.47. The monoisotopic (exact) mass is 257 g/mol. The van der Waals surface area contributed by atoms with Crippen molar-refractivity contribution in [1.29, 1.82) is 0 Å². The summed E-state index contributed by atoms with van der Waals surface area (Å²) in [7, 11) is 0. The number of pyridine rings is 1. The highest BCUT2D eigenvalue weighted by Gasteiger charge is 2.12. The van der Waals surface area contributed by atoms with Gasteiger partial charge in [-0.05, 0) is 18.2 Å². The molecule has 0 spiro atoms. The van der Waals surface area contributed by atoms with E-state index in [4.69, 9.17) is 5.11 Å². The number of nitrogens with zero attached hydrogens (tertiary/aromatic N) is 1. The molecule has 1 heterocycles. The molecule has 0 aliphatic heterocycles. The molecule has 0 bridgehead atoms. The number of urea groups is 1. The first-order chi connectivity index (χ1) is 9.16. The molecule has 0 atom stereocenters. The first-order valence-corrected chi connectivity index (χ1v) is 5.47. The maximum Gasteiger partial charge on any atom is 0.337 e. The largest absolute Gasteiger partial charge is 0.478 e. The highest BCUT2D eigenvalue weighted by Crippen LogP contribution is 2.14. The smallest absolute Gasteiger partial charge is 0.337 e. The van der Waals surface area contributed by atoms with Crippen LogP contribution in [0.1, 0.15) is 10.4 Å². The Morgan fingerprint density at radius 3 is 2.47 bits per heavy atom. The van der Waals surface area contributed by atoms with Crippen molar-refractivity contribution in [3.05, 3.63) is 54.4 Å². The highest BCUT2D eigenvalue weighted by atomic mass is 16.4. The number of carbonyl (C=O) groups is 2. The van der Waals surface area contributed by atoms with Gasteiger partial charge in [-0.1, -0.05) is 18.2 Å².